The maximum Gasteiger partial charge on any atom is 0.185 e. The van der Waals surface area contributed by atoms with Crippen LogP contribution in [0.1, 0.15) is 34.7 Å². The molecule has 3 heteroatoms. The minimum absolute atomic E-state index is 0.177. The van der Waals surface area contributed by atoms with Gasteiger partial charge in [-0.2, -0.15) is 0 Å². The second-order valence-corrected chi connectivity index (χ2v) is 6.72. The molecule has 0 amide bonds. The Hall–Kier alpha value is -2.06. The first-order valence-electron chi connectivity index (χ1n) is 8.06. The zero-order valence-electron chi connectivity index (χ0n) is 12.7. The van der Waals surface area contributed by atoms with Crippen molar-refractivity contribution < 1.29 is 4.79 Å². The Labute approximate surface area is 141 Å². The van der Waals surface area contributed by atoms with Crippen LogP contribution in [0.3, 0.4) is 0 Å². The van der Waals surface area contributed by atoms with Gasteiger partial charge in [0.2, 0.25) is 0 Å². The van der Waals surface area contributed by atoms with Crippen LogP contribution in [-0.2, 0) is 0 Å². The Morgan fingerprint density at radius 3 is 2.78 bits per heavy atom. The molecule has 3 atom stereocenters. The van der Waals surface area contributed by atoms with Gasteiger partial charge >= 0.3 is 0 Å². The van der Waals surface area contributed by atoms with Crippen molar-refractivity contribution in [2.75, 3.05) is 5.32 Å². The lowest BCUT2D eigenvalue weighted by atomic mass is 9.71. The molecule has 0 saturated heterocycles. The number of fused-ring (bicyclic) bond motifs is 3. The number of ketones is 1. The third-order valence-electron chi connectivity index (χ3n) is 4.92. The fourth-order valence-electron chi connectivity index (χ4n) is 3.82. The normalized spacial score (nSPS) is 25.2. The molecule has 0 spiro atoms. The lowest BCUT2D eigenvalue weighted by Gasteiger charge is -2.40. The molecule has 0 bridgehead atoms. The summed E-state index contributed by atoms with van der Waals surface area (Å²) < 4.78 is 0. The third kappa shape index (κ3) is 2.57. The number of anilines is 1. The molecule has 0 radical (unpaired) electrons. The zero-order valence-corrected chi connectivity index (χ0v) is 13.5. The maximum atomic E-state index is 13.0. The minimum Gasteiger partial charge on any atom is -0.374 e. The Kier molecular flexibility index (Phi) is 3.70. The molecule has 1 aliphatic carbocycles. The number of allylic oxidation sites excluding steroid dienone is 2. The zero-order chi connectivity index (χ0) is 15.8. The average Bonchev–Trinajstić information content (AvgIpc) is 2.61. The summed E-state index contributed by atoms with van der Waals surface area (Å²) in [5.41, 5.74) is 3.00. The van der Waals surface area contributed by atoms with E-state index in [1.54, 1.807) is 0 Å². The van der Waals surface area contributed by atoms with Crippen LogP contribution in [0.4, 0.5) is 5.69 Å². The van der Waals surface area contributed by atoms with Gasteiger partial charge in [-0.15, -0.1) is 0 Å². The largest absolute Gasteiger partial charge is 0.374 e. The summed E-state index contributed by atoms with van der Waals surface area (Å²) in [7, 11) is 0. The molecule has 1 aliphatic heterocycles. The van der Waals surface area contributed by atoms with Crippen LogP contribution in [0.2, 0.25) is 5.02 Å². The number of carbonyl (C=O) groups is 1. The fourth-order valence-corrected chi connectivity index (χ4v) is 4.00. The molecule has 1 heterocycles. The van der Waals surface area contributed by atoms with Crippen molar-refractivity contribution in [2.45, 2.75) is 24.8 Å². The number of hydrogen-bond acceptors (Lipinski definition) is 2. The Bertz CT molecular complexity index is 768. The van der Waals surface area contributed by atoms with Gasteiger partial charge in [-0.1, -0.05) is 54.1 Å². The molecule has 0 fully saturated rings. The molecule has 2 aliphatic rings. The van der Waals surface area contributed by atoms with Crippen LogP contribution >= 0.6 is 11.6 Å². The predicted molar refractivity (Wildman–Crippen MR) is 94.2 cm³/mol. The number of nitrogens with one attached hydrogen (secondary N) is 1. The smallest absolute Gasteiger partial charge is 0.185 e. The van der Waals surface area contributed by atoms with Crippen LogP contribution in [-0.4, -0.2) is 11.8 Å². The topological polar surface area (TPSA) is 29.1 Å². The second-order valence-electron chi connectivity index (χ2n) is 6.28. The van der Waals surface area contributed by atoms with Crippen molar-refractivity contribution in [3.05, 3.63) is 76.8 Å². The van der Waals surface area contributed by atoms with Crippen molar-refractivity contribution >= 4 is 23.1 Å². The standard InChI is InChI=1S/C20H18ClNO/c21-14-10-11-18-17(12-14)15-8-4-5-9-16(15)19(22-18)20(23)13-6-2-1-3-7-13/h1-4,6-8,10-12,15-16,19,22H,5,9H2/t15-,16+,19-/m1/s1. The van der Waals surface area contributed by atoms with Gasteiger partial charge < -0.3 is 5.32 Å². The third-order valence-corrected chi connectivity index (χ3v) is 5.16. The molecule has 2 aromatic rings. The van der Waals surface area contributed by atoms with E-state index in [9.17, 15) is 4.79 Å². The van der Waals surface area contributed by atoms with E-state index in [0.717, 1.165) is 29.1 Å². The maximum absolute atomic E-state index is 13.0. The van der Waals surface area contributed by atoms with E-state index < -0.39 is 0 Å². The molecule has 4 rings (SSSR count). The number of carbonyl (C=O) groups excluding carboxylic acids is 1. The van der Waals surface area contributed by atoms with Crippen molar-refractivity contribution in [3.63, 3.8) is 0 Å². The van der Waals surface area contributed by atoms with Gasteiger partial charge in [-0.3, -0.25) is 4.79 Å². The molecule has 0 unspecified atom stereocenters. The molecule has 0 aromatic heterocycles. The molecular weight excluding hydrogens is 306 g/mol. The van der Waals surface area contributed by atoms with Gasteiger partial charge in [0, 0.05) is 22.2 Å². The quantitative estimate of drug-likeness (QED) is 0.617. The highest BCUT2D eigenvalue weighted by molar-refractivity contribution is 6.30. The van der Waals surface area contributed by atoms with E-state index in [1.807, 2.05) is 48.5 Å². The van der Waals surface area contributed by atoms with Crippen molar-refractivity contribution in [1.82, 2.24) is 0 Å². The van der Waals surface area contributed by atoms with E-state index in [-0.39, 0.29) is 23.7 Å². The predicted octanol–water partition coefficient (Wildman–Crippen LogP) is 5.07. The molecule has 0 saturated carbocycles. The van der Waals surface area contributed by atoms with E-state index in [1.165, 1.54) is 5.56 Å². The summed E-state index contributed by atoms with van der Waals surface area (Å²) in [6.45, 7) is 0. The number of Topliss-reactive ketones (excluding diaryl/α,β-unsaturated/α-hetero) is 1. The van der Waals surface area contributed by atoms with E-state index >= 15 is 0 Å². The first-order valence-corrected chi connectivity index (χ1v) is 8.44. The van der Waals surface area contributed by atoms with Crippen molar-refractivity contribution in [2.24, 2.45) is 5.92 Å². The van der Waals surface area contributed by atoms with Crippen LogP contribution in [0.5, 0.6) is 0 Å². The summed E-state index contributed by atoms with van der Waals surface area (Å²) in [5.74, 6) is 0.714. The number of hydrogen-bond donors (Lipinski definition) is 1. The van der Waals surface area contributed by atoms with Gasteiger partial charge in [-0.05, 0) is 42.5 Å². The van der Waals surface area contributed by atoms with Gasteiger partial charge in [0.25, 0.3) is 0 Å². The van der Waals surface area contributed by atoms with Crippen LogP contribution in [0.15, 0.2) is 60.7 Å². The summed E-state index contributed by atoms with van der Waals surface area (Å²) in [4.78, 5) is 13.0. The highest BCUT2D eigenvalue weighted by Gasteiger charge is 2.39. The SMILES string of the molecule is O=C(c1ccccc1)[C@@H]1Nc2ccc(Cl)cc2[C@@H]2C=CCC[C@H]12. The van der Waals surface area contributed by atoms with Crippen LogP contribution in [0.25, 0.3) is 0 Å². The average molecular weight is 324 g/mol. The molecule has 23 heavy (non-hydrogen) atoms. The van der Waals surface area contributed by atoms with Gasteiger partial charge in [0.15, 0.2) is 5.78 Å². The molecule has 116 valence electrons. The van der Waals surface area contributed by atoms with E-state index in [0.29, 0.717) is 0 Å². The first-order chi connectivity index (χ1) is 11.2. The van der Waals surface area contributed by atoms with Crippen LogP contribution in [0, 0.1) is 5.92 Å². The molecule has 2 aromatic carbocycles. The highest BCUT2D eigenvalue weighted by atomic mass is 35.5. The molecule has 1 N–H and O–H groups in total. The molecular formula is C20H18ClNO. The second kappa shape index (κ2) is 5.86. The van der Waals surface area contributed by atoms with Gasteiger partial charge in [0.05, 0.1) is 6.04 Å². The summed E-state index contributed by atoms with van der Waals surface area (Å²) in [6, 6.07) is 15.3. The molecule has 2 nitrogen and oxygen atoms in total. The monoisotopic (exact) mass is 323 g/mol. The van der Waals surface area contributed by atoms with Crippen LogP contribution < -0.4 is 5.32 Å². The lowest BCUT2D eigenvalue weighted by Crippen LogP contribution is -2.44. The van der Waals surface area contributed by atoms with Crippen molar-refractivity contribution in [1.29, 1.82) is 0 Å². The Morgan fingerprint density at radius 1 is 1.13 bits per heavy atom. The fraction of sp³-hybridized carbons (Fsp3) is 0.250. The Morgan fingerprint density at radius 2 is 1.96 bits per heavy atom. The summed E-state index contributed by atoms with van der Waals surface area (Å²) >= 11 is 6.18. The van der Waals surface area contributed by atoms with Gasteiger partial charge in [-0.25, -0.2) is 0 Å². The van der Waals surface area contributed by atoms with E-state index in [4.69, 9.17) is 11.6 Å². The first kappa shape index (κ1) is 14.5. The highest BCUT2D eigenvalue weighted by Crippen LogP contribution is 2.45. The Balaban J connectivity index is 1.76. The number of rotatable bonds is 2. The van der Waals surface area contributed by atoms with Gasteiger partial charge in [0.1, 0.15) is 0 Å². The minimum atomic E-state index is -0.180. The van der Waals surface area contributed by atoms with Crippen molar-refractivity contribution in [3.8, 4) is 0 Å². The number of halogens is 1. The lowest BCUT2D eigenvalue weighted by molar-refractivity contribution is 0.0930. The number of benzene rings is 2. The van der Waals surface area contributed by atoms with E-state index in [2.05, 4.69) is 17.5 Å². The summed E-state index contributed by atoms with van der Waals surface area (Å²) in [6.07, 6.45) is 6.51. The summed E-state index contributed by atoms with van der Waals surface area (Å²) in [5, 5.41) is 4.23.